The average molecular weight is 220 g/mol. The molecule has 84 valence electrons. The molecule has 4 nitrogen and oxygen atoms in total. The minimum Gasteiger partial charge on any atom is -0.478 e. The highest BCUT2D eigenvalue weighted by Crippen LogP contribution is 2.10. The maximum absolute atomic E-state index is 11.5. The molecule has 0 aromatic heterocycles. The van der Waals surface area contributed by atoms with E-state index in [1.54, 1.807) is 18.2 Å². The van der Waals surface area contributed by atoms with Crippen LogP contribution < -0.4 is 0 Å². The number of carboxylic acids is 1. The van der Waals surface area contributed by atoms with Gasteiger partial charge in [-0.25, -0.2) is 9.59 Å². The van der Waals surface area contributed by atoms with E-state index < -0.39 is 11.9 Å². The van der Waals surface area contributed by atoms with Crippen molar-refractivity contribution in [3.8, 4) is 0 Å². The van der Waals surface area contributed by atoms with E-state index in [-0.39, 0.29) is 17.7 Å². The molecule has 0 radical (unpaired) electrons. The van der Waals surface area contributed by atoms with Crippen LogP contribution in [0.15, 0.2) is 36.9 Å². The Balaban J connectivity index is 2.82. The van der Waals surface area contributed by atoms with E-state index in [2.05, 4.69) is 6.58 Å². The highest BCUT2D eigenvalue weighted by molar-refractivity contribution is 6.02. The summed E-state index contributed by atoms with van der Waals surface area (Å²) in [5.74, 6) is -1.77. The highest BCUT2D eigenvalue weighted by atomic mass is 16.5. The normalized spacial score (nSPS) is 9.50. The van der Waals surface area contributed by atoms with Gasteiger partial charge in [-0.05, 0) is 18.6 Å². The Morgan fingerprint density at radius 1 is 1.31 bits per heavy atom. The molecule has 16 heavy (non-hydrogen) atoms. The SMILES string of the molecule is C=CCCOC(=O)c1ccccc1C(=O)O. The largest absolute Gasteiger partial charge is 0.478 e. The Bertz CT molecular complexity index is 409. The summed E-state index contributed by atoms with van der Waals surface area (Å²) in [5.41, 5.74) is 0.0187. The smallest absolute Gasteiger partial charge is 0.339 e. The van der Waals surface area contributed by atoms with Crippen LogP contribution in [0.25, 0.3) is 0 Å². The van der Waals surface area contributed by atoms with Crippen molar-refractivity contribution in [1.82, 2.24) is 0 Å². The summed E-state index contributed by atoms with van der Waals surface area (Å²) in [6, 6.07) is 5.95. The average Bonchev–Trinajstić information content (AvgIpc) is 2.29. The predicted molar refractivity (Wildman–Crippen MR) is 58.5 cm³/mol. The number of carboxylic acid groups (broad SMARTS) is 1. The van der Waals surface area contributed by atoms with Gasteiger partial charge in [0.25, 0.3) is 0 Å². The molecule has 1 aromatic rings. The standard InChI is InChI=1S/C12H12O4/c1-2-3-8-16-12(15)10-7-5-4-6-9(10)11(13)14/h2,4-7H,1,3,8H2,(H,13,14). The fraction of sp³-hybridized carbons (Fsp3) is 0.167. The highest BCUT2D eigenvalue weighted by Gasteiger charge is 2.16. The van der Waals surface area contributed by atoms with Crippen molar-refractivity contribution in [3.63, 3.8) is 0 Å². The summed E-state index contributed by atoms with van der Waals surface area (Å²) in [6.45, 7) is 3.70. The van der Waals surface area contributed by atoms with E-state index in [9.17, 15) is 9.59 Å². The molecular weight excluding hydrogens is 208 g/mol. The van der Waals surface area contributed by atoms with Crippen LogP contribution in [0.2, 0.25) is 0 Å². The van der Waals surface area contributed by atoms with Gasteiger partial charge in [0.1, 0.15) is 0 Å². The number of rotatable bonds is 5. The lowest BCUT2D eigenvalue weighted by Crippen LogP contribution is -2.11. The van der Waals surface area contributed by atoms with Crippen molar-refractivity contribution in [3.05, 3.63) is 48.0 Å². The molecule has 0 amide bonds. The number of hydrogen-bond donors (Lipinski definition) is 1. The van der Waals surface area contributed by atoms with Crippen molar-refractivity contribution in [2.24, 2.45) is 0 Å². The summed E-state index contributed by atoms with van der Waals surface area (Å²) >= 11 is 0. The first-order chi connectivity index (χ1) is 7.66. The lowest BCUT2D eigenvalue weighted by atomic mass is 10.1. The molecule has 1 aromatic carbocycles. The van der Waals surface area contributed by atoms with Gasteiger partial charge >= 0.3 is 11.9 Å². The van der Waals surface area contributed by atoms with Crippen molar-refractivity contribution < 1.29 is 19.4 Å². The van der Waals surface area contributed by atoms with Gasteiger partial charge < -0.3 is 9.84 Å². The predicted octanol–water partition coefficient (Wildman–Crippen LogP) is 2.12. The second-order valence-electron chi connectivity index (χ2n) is 3.06. The number of benzene rings is 1. The molecule has 0 saturated carbocycles. The van der Waals surface area contributed by atoms with Crippen LogP contribution in [0.1, 0.15) is 27.1 Å². The Labute approximate surface area is 93.2 Å². The summed E-state index contributed by atoms with van der Waals surface area (Å²) in [6.07, 6.45) is 2.16. The number of carbonyl (C=O) groups excluding carboxylic acids is 1. The summed E-state index contributed by atoms with van der Waals surface area (Å²) < 4.78 is 4.89. The third kappa shape index (κ3) is 2.95. The molecule has 0 bridgehead atoms. The maximum Gasteiger partial charge on any atom is 0.339 e. The molecular formula is C12H12O4. The van der Waals surface area contributed by atoms with Crippen LogP contribution in [0.5, 0.6) is 0 Å². The molecule has 0 spiro atoms. The summed E-state index contributed by atoms with van der Waals surface area (Å²) in [7, 11) is 0. The topological polar surface area (TPSA) is 63.6 Å². The molecule has 0 aliphatic heterocycles. The summed E-state index contributed by atoms with van der Waals surface area (Å²) in [5, 5.41) is 8.86. The van der Waals surface area contributed by atoms with Crippen molar-refractivity contribution in [1.29, 1.82) is 0 Å². The fourth-order valence-corrected chi connectivity index (χ4v) is 1.16. The number of aromatic carboxylic acids is 1. The third-order valence-electron chi connectivity index (χ3n) is 1.93. The first-order valence-electron chi connectivity index (χ1n) is 4.77. The zero-order valence-corrected chi connectivity index (χ0v) is 8.68. The molecule has 0 heterocycles. The molecule has 0 aliphatic carbocycles. The fourth-order valence-electron chi connectivity index (χ4n) is 1.16. The zero-order valence-electron chi connectivity index (χ0n) is 8.68. The molecule has 1 rings (SSSR count). The third-order valence-corrected chi connectivity index (χ3v) is 1.93. The number of ether oxygens (including phenoxy) is 1. The van der Waals surface area contributed by atoms with Crippen LogP contribution in [0.3, 0.4) is 0 Å². The van der Waals surface area contributed by atoms with Gasteiger partial charge in [-0.3, -0.25) is 0 Å². The Hall–Kier alpha value is -2.10. The van der Waals surface area contributed by atoms with Gasteiger partial charge in [0.15, 0.2) is 0 Å². The Kier molecular flexibility index (Phi) is 4.27. The Morgan fingerprint density at radius 3 is 2.50 bits per heavy atom. The quantitative estimate of drug-likeness (QED) is 0.469. The summed E-state index contributed by atoms with van der Waals surface area (Å²) in [4.78, 5) is 22.4. The van der Waals surface area contributed by atoms with Gasteiger partial charge in [-0.2, -0.15) is 0 Å². The zero-order chi connectivity index (χ0) is 12.0. The van der Waals surface area contributed by atoms with Crippen molar-refractivity contribution in [2.75, 3.05) is 6.61 Å². The van der Waals surface area contributed by atoms with Gasteiger partial charge in [0.05, 0.1) is 17.7 Å². The van der Waals surface area contributed by atoms with E-state index in [4.69, 9.17) is 9.84 Å². The van der Waals surface area contributed by atoms with E-state index in [0.29, 0.717) is 6.42 Å². The van der Waals surface area contributed by atoms with Gasteiger partial charge in [-0.15, -0.1) is 6.58 Å². The van der Waals surface area contributed by atoms with Crippen molar-refractivity contribution in [2.45, 2.75) is 6.42 Å². The second-order valence-corrected chi connectivity index (χ2v) is 3.06. The molecule has 0 fully saturated rings. The Morgan fingerprint density at radius 2 is 1.94 bits per heavy atom. The van der Waals surface area contributed by atoms with Crippen LogP contribution in [-0.4, -0.2) is 23.7 Å². The minimum atomic E-state index is -1.14. The molecule has 0 atom stereocenters. The number of carbonyl (C=O) groups is 2. The van der Waals surface area contributed by atoms with Crippen LogP contribution >= 0.6 is 0 Å². The van der Waals surface area contributed by atoms with Crippen LogP contribution in [0, 0.1) is 0 Å². The first-order valence-corrected chi connectivity index (χ1v) is 4.77. The minimum absolute atomic E-state index is 0.0499. The number of esters is 1. The van der Waals surface area contributed by atoms with Crippen LogP contribution in [-0.2, 0) is 4.74 Å². The lowest BCUT2D eigenvalue weighted by molar-refractivity contribution is 0.0501. The number of hydrogen-bond acceptors (Lipinski definition) is 3. The van der Waals surface area contributed by atoms with E-state index >= 15 is 0 Å². The maximum atomic E-state index is 11.5. The molecule has 0 unspecified atom stereocenters. The molecule has 0 aliphatic rings. The van der Waals surface area contributed by atoms with Crippen LogP contribution in [0.4, 0.5) is 0 Å². The second kappa shape index (κ2) is 5.70. The molecule has 0 saturated heterocycles. The molecule has 4 heteroatoms. The van der Waals surface area contributed by atoms with E-state index in [0.717, 1.165) is 0 Å². The van der Waals surface area contributed by atoms with Gasteiger partial charge in [-0.1, -0.05) is 18.2 Å². The molecule has 1 N–H and O–H groups in total. The van der Waals surface area contributed by atoms with Crippen molar-refractivity contribution >= 4 is 11.9 Å². The van der Waals surface area contributed by atoms with Gasteiger partial charge in [0, 0.05) is 0 Å². The van der Waals surface area contributed by atoms with E-state index in [1.807, 2.05) is 0 Å². The first kappa shape index (κ1) is 12.0. The lowest BCUT2D eigenvalue weighted by Gasteiger charge is -2.05. The van der Waals surface area contributed by atoms with E-state index in [1.165, 1.54) is 12.1 Å². The monoisotopic (exact) mass is 220 g/mol. The van der Waals surface area contributed by atoms with Gasteiger partial charge in [0.2, 0.25) is 0 Å².